The van der Waals surface area contributed by atoms with Crippen LogP contribution in [-0.2, 0) is 0 Å². The zero-order valence-electron chi connectivity index (χ0n) is 12.8. The van der Waals surface area contributed by atoms with E-state index >= 15 is 0 Å². The van der Waals surface area contributed by atoms with Gasteiger partial charge in [0.15, 0.2) is 0 Å². The van der Waals surface area contributed by atoms with Crippen molar-refractivity contribution in [2.45, 2.75) is 52.0 Å². The van der Waals surface area contributed by atoms with E-state index < -0.39 is 0 Å². The van der Waals surface area contributed by atoms with Crippen LogP contribution in [0.15, 0.2) is 24.3 Å². The molecule has 0 saturated heterocycles. The minimum absolute atomic E-state index is 0. The van der Waals surface area contributed by atoms with E-state index in [1.165, 1.54) is 43.4 Å². The maximum absolute atomic E-state index is 6.45. The number of hydrogen-bond donors (Lipinski definition) is 1. The molecule has 1 fully saturated rings. The van der Waals surface area contributed by atoms with E-state index in [1.807, 2.05) is 0 Å². The normalized spacial score (nSPS) is 17.4. The lowest BCUT2D eigenvalue weighted by molar-refractivity contribution is 0.308. The third-order valence-corrected chi connectivity index (χ3v) is 4.56. The lowest BCUT2D eigenvalue weighted by Gasteiger charge is -2.28. The minimum atomic E-state index is 0. The molecule has 0 amide bonds. The average Bonchev–Trinajstić information content (AvgIpc) is 2.49. The first-order valence-electron chi connectivity index (χ1n) is 7.86. The molecule has 0 aromatic heterocycles. The number of anilines is 1. The first-order valence-corrected chi connectivity index (χ1v) is 7.86. The van der Waals surface area contributed by atoms with Crippen LogP contribution < -0.4 is 10.6 Å². The number of rotatable bonds is 5. The van der Waals surface area contributed by atoms with Gasteiger partial charge in [0.05, 0.1) is 0 Å². The molecule has 1 aromatic carbocycles. The van der Waals surface area contributed by atoms with E-state index in [4.69, 9.17) is 5.73 Å². The Bertz CT molecular complexity index is 367. The van der Waals surface area contributed by atoms with Gasteiger partial charge in [0, 0.05) is 24.8 Å². The van der Waals surface area contributed by atoms with Gasteiger partial charge in [-0.2, -0.15) is 0 Å². The molecule has 2 rings (SSSR count). The second-order valence-corrected chi connectivity index (χ2v) is 5.69. The van der Waals surface area contributed by atoms with Crippen molar-refractivity contribution in [2.75, 3.05) is 18.0 Å². The van der Waals surface area contributed by atoms with Crippen molar-refractivity contribution in [3.05, 3.63) is 29.8 Å². The number of benzene rings is 1. The second kappa shape index (κ2) is 8.53. The lowest BCUT2D eigenvalue weighted by atomic mass is 9.81. The van der Waals surface area contributed by atoms with E-state index in [2.05, 4.69) is 43.0 Å². The molecule has 0 unspecified atom stereocenters. The van der Waals surface area contributed by atoms with E-state index in [9.17, 15) is 0 Å². The van der Waals surface area contributed by atoms with Crippen molar-refractivity contribution in [3.63, 3.8) is 0 Å². The van der Waals surface area contributed by atoms with Gasteiger partial charge in [-0.05, 0) is 50.3 Å². The molecule has 0 spiro atoms. The van der Waals surface area contributed by atoms with Crippen LogP contribution in [0.25, 0.3) is 0 Å². The van der Waals surface area contributed by atoms with Crippen LogP contribution in [0.3, 0.4) is 0 Å². The van der Waals surface area contributed by atoms with E-state index in [0.29, 0.717) is 5.92 Å². The first-order chi connectivity index (χ1) is 9.26. The molecular formula is C17H29ClN2. The van der Waals surface area contributed by atoms with Crippen LogP contribution in [0.5, 0.6) is 0 Å². The Morgan fingerprint density at radius 1 is 1.05 bits per heavy atom. The molecule has 0 aliphatic heterocycles. The Morgan fingerprint density at radius 2 is 1.60 bits per heavy atom. The Balaban J connectivity index is 0.00000200. The van der Waals surface area contributed by atoms with Crippen LogP contribution >= 0.6 is 12.4 Å². The monoisotopic (exact) mass is 296 g/mol. The van der Waals surface area contributed by atoms with Crippen LogP contribution in [0.1, 0.15) is 57.6 Å². The summed E-state index contributed by atoms with van der Waals surface area (Å²) in [6, 6.07) is 9.14. The minimum Gasteiger partial charge on any atom is -0.372 e. The molecule has 20 heavy (non-hydrogen) atoms. The maximum atomic E-state index is 6.45. The molecule has 114 valence electrons. The van der Waals surface area contributed by atoms with E-state index in [-0.39, 0.29) is 18.4 Å². The highest BCUT2D eigenvalue weighted by atomic mass is 35.5. The topological polar surface area (TPSA) is 29.3 Å². The molecule has 0 bridgehead atoms. The molecule has 2 nitrogen and oxygen atoms in total. The van der Waals surface area contributed by atoms with Gasteiger partial charge < -0.3 is 10.6 Å². The zero-order chi connectivity index (χ0) is 13.7. The third kappa shape index (κ3) is 4.13. The quantitative estimate of drug-likeness (QED) is 0.864. The van der Waals surface area contributed by atoms with Crippen molar-refractivity contribution < 1.29 is 0 Å². The maximum Gasteiger partial charge on any atom is 0.0366 e. The standard InChI is InChI=1S/C17H28N2.ClH/c1-3-19(4-2)16-12-10-15(11-13-16)17(18)14-8-6-5-7-9-14;/h10-14,17H,3-9,18H2,1-2H3;1H/t17-;/m1./s1. The fourth-order valence-corrected chi connectivity index (χ4v) is 3.26. The largest absolute Gasteiger partial charge is 0.372 e. The Morgan fingerprint density at radius 3 is 2.10 bits per heavy atom. The van der Waals surface area contributed by atoms with Crippen molar-refractivity contribution in [2.24, 2.45) is 11.7 Å². The van der Waals surface area contributed by atoms with Gasteiger partial charge >= 0.3 is 0 Å². The van der Waals surface area contributed by atoms with Crippen molar-refractivity contribution in [1.29, 1.82) is 0 Å². The highest BCUT2D eigenvalue weighted by molar-refractivity contribution is 5.85. The lowest BCUT2D eigenvalue weighted by Crippen LogP contribution is -2.24. The Kier molecular flexibility index (Phi) is 7.39. The summed E-state index contributed by atoms with van der Waals surface area (Å²) >= 11 is 0. The summed E-state index contributed by atoms with van der Waals surface area (Å²) in [7, 11) is 0. The number of nitrogens with two attached hydrogens (primary N) is 1. The van der Waals surface area contributed by atoms with Gasteiger partial charge in [0.1, 0.15) is 0 Å². The summed E-state index contributed by atoms with van der Waals surface area (Å²) in [6.07, 6.45) is 6.72. The number of hydrogen-bond acceptors (Lipinski definition) is 2. The van der Waals surface area contributed by atoms with Gasteiger partial charge in [-0.1, -0.05) is 31.4 Å². The summed E-state index contributed by atoms with van der Waals surface area (Å²) in [4.78, 5) is 2.37. The van der Waals surface area contributed by atoms with Gasteiger partial charge in [-0.15, -0.1) is 12.4 Å². The van der Waals surface area contributed by atoms with Crippen molar-refractivity contribution in [3.8, 4) is 0 Å². The Hall–Kier alpha value is -0.730. The van der Waals surface area contributed by atoms with Crippen LogP contribution in [0, 0.1) is 5.92 Å². The Labute approximate surface area is 130 Å². The van der Waals surface area contributed by atoms with Gasteiger partial charge in [0.25, 0.3) is 0 Å². The van der Waals surface area contributed by atoms with Crippen molar-refractivity contribution >= 4 is 18.1 Å². The van der Waals surface area contributed by atoms with E-state index in [0.717, 1.165) is 13.1 Å². The highest BCUT2D eigenvalue weighted by Crippen LogP contribution is 2.33. The van der Waals surface area contributed by atoms with Gasteiger partial charge in [-0.25, -0.2) is 0 Å². The molecule has 1 aliphatic rings. The fraction of sp³-hybridized carbons (Fsp3) is 0.647. The first kappa shape index (κ1) is 17.3. The third-order valence-electron chi connectivity index (χ3n) is 4.56. The van der Waals surface area contributed by atoms with Gasteiger partial charge in [0.2, 0.25) is 0 Å². The number of halogens is 1. The summed E-state index contributed by atoms with van der Waals surface area (Å²) in [6.45, 7) is 6.52. The van der Waals surface area contributed by atoms with E-state index in [1.54, 1.807) is 0 Å². The highest BCUT2D eigenvalue weighted by Gasteiger charge is 2.21. The molecular weight excluding hydrogens is 268 g/mol. The molecule has 2 N–H and O–H groups in total. The summed E-state index contributed by atoms with van der Waals surface area (Å²) in [5.74, 6) is 0.688. The summed E-state index contributed by atoms with van der Waals surface area (Å²) in [5.41, 5.74) is 9.07. The van der Waals surface area contributed by atoms with Gasteiger partial charge in [-0.3, -0.25) is 0 Å². The molecule has 0 radical (unpaired) electrons. The smallest absolute Gasteiger partial charge is 0.0366 e. The summed E-state index contributed by atoms with van der Waals surface area (Å²) < 4.78 is 0. The molecule has 0 heterocycles. The summed E-state index contributed by atoms with van der Waals surface area (Å²) in [5, 5.41) is 0. The number of nitrogens with zero attached hydrogens (tertiary/aromatic N) is 1. The molecule has 1 aliphatic carbocycles. The van der Waals surface area contributed by atoms with Crippen LogP contribution in [0.2, 0.25) is 0 Å². The fourth-order valence-electron chi connectivity index (χ4n) is 3.26. The molecule has 1 saturated carbocycles. The predicted molar refractivity (Wildman–Crippen MR) is 90.8 cm³/mol. The molecule has 3 heteroatoms. The molecule has 1 atom stereocenters. The van der Waals surface area contributed by atoms with Crippen LogP contribution in [0.4, 0.5) is 5.69 Å². The predicted octanol–water partition coefficient (Wildman–Crippen LogP) is 4.53. The molecule has 1 aromatic rings. The van der Waals surface area contributed by atoms with Crippen molar-refractivity contribution in [1.82, 2.24) is 0 Å². The van der Waals surface area contributed by atoms with Crippen LogP contribution in [-0.4, -0.2) is 13.1 Å². The SMILES string of the molecule is CCN(CC)c1ccc([C@H](N)C2CCCCC2)cc1.Cl. The average molecular weight is 297 g/mol. The zero-order valence-corrected chi connectivity index (χ0v) is 13.7. The second-order valence-electron chi connectivity index (χ2n) is 5.69.